The number of aromatic nitrogens is 3. The van der Waals surface area contributed by atoms with Crippen molar-refractivity contribution in [2.24, 2.45) is 5.10 Å². The van der Waals surface area contributed by atoms with Gasteiger partial charge >= 0.3 is 0 Å². The van der Waals surface area contributed by atoms with Gasteiger partial charge in [0.25, 0.3) is 0 Å². The highest BCUT2D eigenvalue weighted by atomic mass is 32.1. The van der Waals surface area contributed by atoms with E-state index in [0.717, 1.165) is 23.4 Å². The van der Waals surface area contributed by atoms with Crippen molar-refractivity contribution in [2.45, 2.75) is 20.0 Å². The molecule has 1 N–H and O–H groups in total. The minimum Gasteiger partial charge on any atom is -0.493 e. The Labute approximate surface area is 179 Å². The van der Waals surface area contributed by atoms with E-state index in [2.05, 4.69) is 39.6 Å². The maximum absolute atomic E-state index is 6.08. The van der Waals surface area contributed by atoms with Crippen LogP contribution in [0.5, 0.6) is 11.5 Å². The van der Waals surface area contributed by atoms with Gasteiger partial charge in [0.2, 0.25) is 4.77 Å². The number of fused-ring (bicyclic) bond motifs is 1. The molecule has 0 spiro atoms. The molecule has 7 heteroatoms. The summed E-state index contributed by atoms with van der Waals surface area (Å²) in [7, 11) is 1.63. The largest absolute Gasteiger partial charge is 0.493 e. The first-order valence-electron chi connectivity index (χ1n) is 9.67. The third-order valence-electron chi connectivity index (χ3n) is 4.81. The van der Waals surface area contributed by atoms with Gasteiger partial charge in [0.15, 0.2) is 17.3 Å². The number of H-pyrrole nitrogens is 1. The van der Waals surface area contributed by atoms with Crippen molar-refractivity contribution < 1.29 is 9.47 Å². The summed E-state index contributed by atoms with van der Waals surface area (Å²) in [6, 6.07) is 20.2. The number of benzene rings is 3. The van der Waals surface area contributed by atoms with E-state index in [9.17, 15) is 0 Å². The molecule has 6 nitrogen and oxygen atoms in total. The molecule has 0 aliphatic carbocycles. The number of rotatable bonds is 7. The first-order valence-corrected chi connectivity index (χ1v) is 10.1. The Hall–Kier alpha value is -3.45. The van der Waals surface area contributed by atoms with Crippen LogP contribution in [0.2, 0.25) is 0 Å². The van der Waals surface area contributed by atoms with Gasteiger partial charge < -0.3 is 9.47 Å². The van der Waals surface area contributed by atoms with Crippen molar-refractivity contribution in [3.05, 3.63) is 82.4 Å². The van der Waals surface area contributed by atoms with E-state index in [1.807, 2.05) is 43.3 Å². The van der Waals surface area contributed by atoms with Crippen LogP contribution in [0.25, 0.3) is 10.8 Å². The van der Waals surface area contributed by atoms with Crippen LogP contribution in [-0.4, -0.2) is 28.2 Å². The maximum Gasteiger partial charge on any atom is 0.216 e. The summed E-state index contributed by atoms with van der Waals surface area (Å²) in [4.78, 5) is 0. The molecule has 0 unspecified atom stereocenters. The third kappa shape index (κ3) is 4.11. The van der Waals surface area contributed by atoms with Gasteiger partial charge in [-0.2, -0.15) is 14.9 Å². The van der Waals surface area contributed by atoms with Gasteiger partial charge in [0, 0.05) is 6.42 Å². The van der Waals surface area contributed by atoms with Crippen LogP contribution in [0, 0.1) is 4.77 Å². The lowest BCUT2D eigenvalue weighted by atomic mass is 10.1. The molecule has 30 heavy (non-hydrogen) atoms. The fourth-order valence-electron chi connectivity index (χ4n) is 3.25. The van der Waals surface area contributed by atoms with Crippen LogP contribution in [0.3, 0.4) is 0 Å². The molecule has 0 atom stereocenters. The van der Waals surface area contributed by atoms with E-state index in [-0.39, 0.29) is 0 Å². The highest BCUT2D eigenvalue weighted by molar-refractivity contribution is 7.71. The van der Waals surface area contributed by atoms with Crippen LogP contribution < -0.4 is 9.47 Å². The predicted molar refractivity (Wildman–Crippen MR) is 121 cm³/mol. The van der Waals surface area contributed by atoms with Crippen molar-refractivity contribution in [3.63, 3.8) is 0 Å². The lowest BCUT2D eigenvalue weighted by Gasteiger charge is -2.12. The van der Waals surface area contributed by atoms with E-state index in [1.165, 1.54) is 10.8 Å². The number of aryl methyl sites for hydroxylation is 1. The van der Waals surface area contributed by atoms with Crippen molar-refractivity contribution in [1.82, 2.24) is 14.9 Å². The van der Waals surface area contributed by atoms with Gasteiger partial charge in [-0.05, 0) is 52.3 Å². The normalized spacial score (nSPS) is 11.3. The molecule has 4 rings (SSSR count). The Morgan fingerprint density at radius 1 is 1.10 bits per heavy atom. The second kappa shape index (κ2) is 8.92. The van der Waals surface area contributed by atoms with Crippen molar-refractivity contribution in [3.8, 4) is 11.5 Å². The SMILES string of the molecule is CCc1n[nH]c(=S)n1/N=C\c1ccc(OCc2cccc3ccccc23)c(OC)c1. The number of nitrogens with zero attached hydrogens (tertiary/aromatic N) is 3. The zero-order chi connectivity index (χ0) is 20.9. The molecule has 3 aromatic carbocycles. The molecule has 0 aliphatic heterocycles. The molecular weight excluding hydrogens is 396 g/mol. The zero-order valence-corrected chi connectivity index (χ0v) is 17.6. The van der Waals surface area contributed by atoms with Gasteiger partial charge in [0.05, 0.1) is 13.3 Å². The number of methoxy groups -OCH3 is 1. The molecule has 152 valence electrons. The van der Waals surface area contributed by atoms with Gasteiger partial charge in [-0.15, -0.1) is 0 Å². The minimum absolute atomic E-state index is 0.454. The molecule has 0 fully saturated rings. The second-order valence-electron chi connectivity index (χ2n) is 6.69. The molecule has 0 amide bonds. The van der Waals surface area contributed by atoms with E-state index in [4.69, 9.17) is 21.7 Å². The Balaban J connectivity index is 1.54. The number of hydrogen-bond donors (Lipinski definition) is 1. The molecule has 0 bridgehead atoms. The van der Waals surface area contributed by atoms with E-state index >= 15 is 0 Å². The summed E-state index contributed by atoms with van der Waals surface area (Å²) in [5.41, 5.74) is 2.00. The fraction of sp³-hybridized carbons (Fsp3) is 0.174. The van der Waals surface area contributed by atoms with Crippen LogP contribution >= 0.6 is 12.2 Å². The maximum atomic E-state index is 6.08. The fourth-order valence-corrected chi connectivity index (χ4v) is 3.45. The lowest BCUT2D eigenvalue weighted by molar-refractivity contribution is 0.285. The average molecular weight is 419 g/mol. The summed E-state index contributed by atoms with van der Waals surface area (Å²) in [5, 5.41) is 13.7. The lowest BCUT2D eigenvalue weighted by Crippen LogP contribution is -2.00. The van der Waals surface area contributed by atoms with Crippen LogP contribution in [0.4, 0.5) is 0 Å². The third-order valence-corrected chi connectivity index (χ3v) is 5.07. The zero-order valence-electron chi connectivity index (χ0n) is 16.8. The Kier molecular flexibility index (Phi) is 5.90. The van der Waals surface area contributed by atoms with Crippen LogP contribution in [0.15, 0.2) is 65.8 Å². The minimum atomic E-state index is 0.454. The highest BCUT2D eigenvalue weighted by Gasteiger charge is 2.08. The molecule has 0 aliphatic rings. The second-order valence-corrected chi connectivity index (χ2v) is 7.08. The Morgan fingerprint density at radius 2 is 1.93 bits per heavy atom. The first kappa shape index (κ1) is 19.8. The average Bonchev–Trinajstić information content (AvgIpc) is 3.15. The van der Waals surface area contributed by atoms with Crippen LogP contribution in [-0.2, 0) is 13.0 Å². The summed E-state index contributed by atoms with van der Waals surface area (Å²) in [6.07, 6.45) is 2.45. The number of aromatic amines is 1. The topological polar surface area (TPSA) is 64.4 Å². The molecule has 1 aromatic heterocycles. The highest BCUT2D eigenvalue weighted by Crippen LogP contribution is 2.29. The first-order chi connectivity index (χ1) is 14.7. The molecular formula is C23H22N4O2S. The van der Waals surface area contributed by atoms with E-state index in [1.54, 1.807) is 18.0 Å². The van der Waals surface area contributed by atoms with Crippen molar-refractivity contribution in [1.29, 1.82) is 0 Å². The van der Waals surface area contributed by atoms with Crippen LogP contribution in [0.1, 0.15) is 23.9 Å². The van der Waals surface area contributed by atoms with Gasteiger partial charge in [-0.25, -0.2) is 0 Å². The monoisotopic (exact) mass is 418 g/mol. The number of nitrogens with one attached hydrogen (secondary N) is 1. The molecule has 1 heterocycles. The standard InChI is InChI=1S/C23H22N4O2S/c1-3-22-25-26-23(30)27(22)24-14-16-11-12-20(21(13-16)28-2)29-15-18-9-6-8-17-7-4-5-10-19(17)18/h4-14H,3,15H2,1-2H3,(H,26,30)/b24-14-. The molecule has 0 saturated carbocycles. The van der Waals surface area contributed by atoms with Gasteiger partial charge in [-0.1, -0.05) is 49.4 Å². The number of hydrogen-bond acceptors (Lipinski definition) is 5. The van der Waals surface area contributed by atoms with E-state index in [0.29, 0.717) is 22.9 Å². The number of ether oxygens (including phenoxy) is 2. The smallest absolute Gasteiger partial charge is 0.216 e. The quantitative estimate of drug-likeness (QED) is 0.334. The predicted octanol–water partition coefficient (Wildman–Crippen LogP) is 5.13. The molecule has 4 aromatic rings. The Morgan fingerprint density at radius 3 is 2.77 bits per heavy atom. The van der Waals surface area contributed by atoms with Gasteiger partial charge in [0.1, 0.15) is 6.61 Å². The summed E-state index contributed by atoms with van der Waals surface area (Å²) in [5.74, 6) is 2.10. The molecule has 0 saturated heterocycles. The summed E-state index contributed by atoms with van der Waals surface area (Å²) in [6.45, 7) is 2.46. The van der Waals surface area contributed by atoms with Crippen molar-refractivity contribution >= 4 is 29.2 Å². The summed E-state index contributed by atoms with van der Waals surface area (Å²) >= 11 is 5.22. The van der Waals surface area contributed by atoms with Crippen molar-refractivity contribution in [2.75, 3.05) is 7.11 Å². The molecule has 0 radical (unpaired) electrons. The summed E-state index contributed by atoms with van der Waals surface area (Å²) < 4.78 is 13.7. The van der Waals surface area contributed by atoms with Gasteiger partial charge in [-0.3, -0.25) is 5.10 Å². The van der Waals surface area contributed by atoms with E-state index < -0.39 is 0 Å². The Bertz CT molecular complexity index is 1250.